The Balaban J connectivity index is 2.87. The number of rotatable bonds is 5. The molecule has 18 heavy (non-hydrogen) atoms. The van der Waals surface area contributed by atoms with Crippen LogP contribution < -0.4 is 4.74 Å². The molecule has 0 aromatic heterocycles. The summed E-state index contributed by atoms with van der Waals surface area (Å²) in [5.74, 6) is -3.86. The number of ether oxygens (including phenoxy) is 1. The summed E-state index contributed by atoms with van der Waals surface area (Å²) < 4.78 is 29.3. The first-order valence-electron chi connectivity index (χ1n) is 5.12. The SMILES string of the molecule is CC(C)(Oc1ccccc1)C(=O)C(F)P(=O)(O)O. The molecule has 7 heteroatoms. The van der Waals surface area contributed by atoms with Crippen molar-refractivity contribution in [2.24, 2.45) is 0 Å². The van der Waals surface area contributed by atoms with Crippen LogP contribution >= 0.6 is 7.60 Å². The maximum atomic E-state index is 13.3. The van der Waals surface area contributed by atoms with E-state index in [0.717, 1.165) is 0 Å². The third-order valence-corrected chi connectivity index (χ3v) is 3.05. The van der Waals surface area contributed by atoms with E-state index in [4.69, 9.17) is 14.5 Å². The van der Waals surface area contributed by atoms with Crippen molar-refractivity contribution in [1.82, 2.24) is 0 Å². The maximum absolute atomic E-state index is 13.3. The zero-order valence-corrected chi connectivity index (χ0v) is 10.8. The molecule has 0 amide bonds. The fraction of sp³-hybridized carbons (Fsp3) is 0.364. The van der Waals surface area contributed by atoms with Gasteiger partial charge in [-0.15, -0.1) is 0 Å². The van der Waals surface area contributed by atoms with Crippen LogP contribution in [-0.4, -0.2) is 27.1 Å². The standard InChI is InChI=1S/C11H14FO5P/c1-11(2,9(13)10(12)18(14,15)16)17-8-6-4-3-5-7-8/h3-7,10H,1-2H3,(H2,14,15,16). The van der Waals surface area contributed by atoms with Crippen LogP contribution in [0.4, 0.5) is 4.39 Å². The van der Waals surface area contributed by atoms with Crippen LogP contribution in [0, 0.1) is 0 Å². The highest BCUT2D eigenvalue weighted by molar-refractivity contribution is 7.53. The van der Waals surface area contributed by atoms with Crippen LogP contribution in [-0.2, 0) is 9.36 Å². The largest absolute Gasteiger partial charge is 0.480 e. The molecule has 100 valence electrons. The molecule has 0 radical (unpaired) electrons. The van der Waals surface area contributed by atoms with E-state index in [9.17, 15) is 13.8 Å². The minimum Gasteiger partial charge on any atom is -0.480 e. The number of hydrogen-bond acceptors (Lipinski definition) is 3. The van der Waals surface area contributed by atoms with Crippen LogP contribution in [0.3, 0.4) is 0 Å². The fourth-order valence-electron chi connectivity index (χ4n) is 1.27. The number of para-hydroxylation sites is 1. The molecular weight excluding hydrogens is 262 g/mol. The van der Waals surface area contributed by atoms with Gasteiger partial charge >= 0.3 is 7.60 Å². The zero-order valence-electron chi connectivity index (χ0n) is 9.91. The van der Waals surface area contributed by atoms with Gasteiger partial charge in [0.25, 0.3) is 5.91 Å². The van der Waals surface area contributed by atoms with Crippen LogP contribution in [0.15, 0.2) is 30.3 Å². The number of benzene rings is 1. The van der Waals surface area contributed by atoms with Gasteiger partial charge in [-0.3, -0.25) is 9.36 Å². The van der Waals surface area contributed by atoms with E-state index in [0.29, 0.717) is 5.75 Å². The lowest BCUT2D eigenvalue weighted by molar-refractivity contribution is -0.134. The van der Waals surface area contributed by atoms with Crippen molar-refractivity contribution >= 4 is 13.4 Å². The number of alkyl halides is 1. The minimum absolute atomic E-state index is 0.314. The quantitative estimate of drug-likeness (QED) is 0.802. The van der Waals surface area contributed by atoms with Crippen LogP contribution in [0.25, 0.3) is 0 Å². The van der Waals surface area contributed by atoms with Crippen LogP contribution in [0.5, 0.6) is 5.75 Å². The monoisotopic (exact) mass is 276 g/mol. The van der Waals surface area contributed by atoms with E-state index in [2.05, 4.69) is 0 Å². The highest BCUT2D eigenvalue weighted by Crippen LogP contribution is 2.44. The van der Waals surface area contributed by atoms with Gasteiger partial charge in [-0.2, -0.15) is 0 Å². The molecular formula is C11H14FO5P. The number of carbonyl (C=O) groups is 1. The summed E-state index contributed by atoms with van der Waals surface area (Å²) >= 11 is 0. The summed E-state index contributed by atoms with van der Waals surface area (Å²) in [5.41, 5.74) is -1.66. The van der Waals surface area contributed by atoms with Crippen molar-refractivity contribution in [2.75, 3.05) is 0 Å². The van der Waals surface area contributed by atoms with E-state index < -0.39 is 24.9 Å². The molecule has 2 N–H and O–H groups in total. The lowest BCUT2D eigenvalue weighted by atomic mass is 10.0. The fourth-order valence-corrected chi connectivity index (χ4v) is 1.89. The van der Waals surface area contributed by atoms with Gasteiger partial charge < -0.3 is 14.5 Å². The highest BCUT2D eigenvalue weighted by Gasteiger charge is 2.45. The second kappa shape index (κ2) is 5.18. The topological polar surface area (TPSA) is 83.8 Å². The lowest BCUT2D eigenvalue weighted by Crippen LogP contribution is -2.43. The van der Waals surface area contributed by atoms with Crippen molar-refractivity contribution in [3.05, 3.63) is 30.3 Å². The van der Waals surface area contributed by atoms with Crippen molar-refractivity contribution in [3.8, 4) is 5.75 Å². The molecule has 0 spiro atoms. The Kier molecular flexibility index (Phi) is 4.27. The maximum Gasteiger partial charge on any atom is 0.367 e. The van der Waals surface area contributed by atoms with Gasteiger partial charge in [-0.1, -0.05) is 18.2 Å². The molecule has 0 heterocycles. The highest BCUT2D eigenvalue weighted by atomic mass is 31.2. The number of halogens is 1. The van der Waals surface area contributed by atoms with E-state index in [1.54, 1.807) is 30.3 Å². The molecule has 1 atom stereocenters. The third-order valence-electron chi connectivity index (χ3n) is 2.22. The van der Waals surface area contributed by atoms with Gasteiger partial charge in [0.05, 0.1) is 0 Å². The van der Waals surface area contributed by atoms with Gasteiger partial charge in [0, 0.05) is 0 Å². The van der Waals surface area contributed by atoms with Crippen LogP contribution in [0.1, 0.15) is 13.8 Å². The summed E-state index contributed by atoms with van der Waals surface area (Å²) in [4.78, 5) is 28.9. The molecule has 0 saturated carbocycles. The summed E-state index contributed by atoms with van der Waals surface area (Å²) in [6.45, 7) is 2.51. The predicted molar refractivity (Wildman–Crippen MR) is 63.1 cm³/mol. The Labute approximate surface area is 104 Å². The Bertz CT molecular complexity index is 468. The van der Waals surface area contributed by atoms with Gasteiger partial charge in [-0.05, 0) is 26.0 Å². The summed E-state index contributed by atoms with van der Waals surface area (Å²) in [5, 5.41) is 0. The molecule has 0 bridgehead atoms. The molecule has 0 fully saturated rings. The van der Waals surface area contributed by atoms with Crippen molar-refractivity contribution < 1.29 is 28.3 Å². The van der Waals surface area contributed by atoms with E-state index in [-0.39, 0.29) is 0 Å². The average molecular weight is 276 g/mol. The van der Waals surface area contributed by atoms with Gasteiger partial charge in [0.2, 0.25) is 5.78 Å². The number of hydrogen-bond donors (Lipinski definition) is 2. The first-order valence-corrected chi connectivity index (χ1v) is 6.80. The number of ketones is 1. The number of carbonyl (C=O) groups excluding carboxylic acids is 1. The van der Waals surface area contributed by atoms with E-state index in [1.165, 1.54) is 13.8 Å². The molecule has 1 unspecified atom stereocenters. The van der Waals surface area contributed by atoms with E-state index in [1.807, 2.05) is 0 Å². The summed E-state index contributed by atoms with van der Waals surface area (Å²) in [7, 11) is -5.11. The first-order chi connectivity index (χ1) is 8.14. The minimum atomic E-state index is -5.11. The molecule has 5 nitrogen and oxygen atoms in total. The van der Waals surface area contributed by atoms with E-state index >= 15 is 0 Å². The smallest absolute Gasteiger partial charge is 0.367 e. The molecule has 0 saturated heterocycles. The van der Waals surface area contributed by atoms with Crippen molar-refractivity contribution in [1.29, 1.82) is 0 Å². The Morgan fingerprint density at radius 2 is 1.83 bits per heavy atom. The van der Waals surface area contributed by atoms with Crippen molar-refractivity contribution in [3.63, 3.8) is 0 Å². The first kappa shape index (κ1) is 14.8. The predicted octanol–water partition coefficient (Wildman–Crippen LogP) is 1.89. The number of Topliss-reactive ketones (excluding diaryl/α,β-unsaturated/α-hetero) is 1. The van der Waals surface area contributed by atoms with Gasteiger partial charge in [-0.25, -0.2) is 4.39 Å². The third kappa shape index (κ3) is 3.63. The van der Waals surface area contributed by atoms with Gasteiger partial charge in [0.1, 0.15) is 5.75 Å². The summed E-state index contributed by atoms with van der Waals surface area (Å²) in [6.07, 6.45) is 0. The zero-order chi connectivity index (χ0) is 14.0. The molecule has 0 aliphatic heterocycles. The Morgan fingerprint density at radius 1 is 1.33 bits per heavy atom. The van der Waals surface area contributed by atoms with Crippen molar-refractivity contribution in [2.45, 2.75) is 25.4 Å². The van der Waals surface area contributed by atoms with Crippen LogP contribution in [0.2, 0.25) is 0 Å². The molecule has 0 aliphatic carbocycles. The molecule has 1 aromatic rings. The Morgan fingerprint density at radius 3 is 2.28 bits per heavy atom. The lowest BCUT2D eigenvalue weighted by Gasteiger charge is -2.26. The second-order valence-electron chi connectivity index (χ2n) is 4.21. The second-order valence-corrected chi connectivity index (χ2v) is 5.85. The molecule has 0 aliphatic rings. The molecule has 1 aromatic carbocycles. The Hall–Kier alpha value is -1.23. The molecule has 1 rings (SSSR count). The summed E-state index contributed by atoms with van der Waals surface area (Å²) in [6, 6.07) is 8.16. The average Bonchev–Trinajstić information content (AvgIpc) is 2.26. The van der Waals surface area contributed by atoms with Gasteiger partial charge in [0.15, 0.2) is 5.60 Å². The normalized spacial score (nSPS) is 14.1.